The van der Waals surface area contributed by atoms with Crippen molar-refractivity contribution in [3.8, 4) is 11.5 Å². The molecule has 6 nitrogen and oxygen atoms in total. The number of hydrogen-bond acceptors (Lipinski definition) is 5. The number of ether oxygens (including phenoxy) is 2. The molecule has 2 aromatic carbocycles. The third-order valence-corrected chi connectivity index (χ3v) is 6.79. The van der Waals surface area contributed by atoms with E-state index in [2.05, 4.69) is 57.5 Å². The maximum atomic E-state index is 12.7. The molecule has 0 fully saturated rings. The second kappa shape index (κ2) is 9.06. The average Bonchev–Trinajstić information content (AvgIpc) is 3.58. The number of hydrogen-bond donors (Lipinski definition) is 3. The molecule has 5 rings (SSSR count). The Labute approximate surface area is 190 Å². The van der Waals surface area contributed by atoms with E-state index in [9.17, 15) is 4.79 Å². The van der Waals surface area contributed by atoms with Gasteiger partial charge < -0.3 is 25.1 Å². The van der Waals surface area contributed by atoms with Gasteiger partial charge in [-0.2, -0.15) is 0 Å². The van der Waals surface area contributed by atoms with Gasteiger partial charge in [-0.25, -0.2) is 0 Å². The summed E-state index contributed by atoms with van der Waals surface area (Å²) >= 11 is 1.74. The Morgan fingerprint density at radius 1 is 1.12 bits per heavy atom. The summed E-state index contributed by atoms with van der Waals surface area (Å²) in [6.07, 6.45) is 2.08. The van der Waals surface area contributed by atoms with Gasteiger partial charge in [-0.15, -0.1) is 11.3 Å². The number of H-pyrrole nitrogens is 1. The van der Waals surface area contributed by atoms with Crippen LogP contribution in [-0.4, -0.2) is 30.3 Å². The van der Waals surface area contributed by atoms with E-state index in [1.807, 2.05) is 31.2 Å². The lowest BCUT2D eigenvalue weighted by Crippen LogP contribution is -2.43. The van der Waals surface area contributed by atoms with Crippen molar-refractivity contribution < 1.29 is 14.3 Å². The second-order valence-corrected chi connectivity index (χ2v) is 8.87. The van der Waals surface area contributed by atoms with Gasteiger partial charge in [0.05, 0.1) is 6.04 Å². The molecule has 0 aliphatic carbocycles. The van der Waals surface area contributed by atoms with Crippen LogP contribution in [-0.2, 0) is 11.3 Å². The molecule has 0 spiro atoms. The van der Waals surface area contributed by atoms with E-state index in [0.29, 0.717) is 13.1 Å². The van der Waals surface area contributed by atoms with Crippen LogP contribution < -0.4 is 20.1 Å². The number of para-hydroxylation sites is 1. The number of nitrogens with one attached hydrogen (secondary N) is 3. The second-order valence-electron chi connectivity index (χ2n) is 7.89. The quantitative estimate of drug-likeness (QED) is 0.375. The average molecular weight is 448 g/mol. The van der Waals surface area contributed by atoms with Crippen LogP contribution >= 0.6 is 11.3 Å². The Kier molecular flexibility index (Phi) is 5.83. The third kappa shape index (κ3) is 4.22. The van der Waals surface area contributed by atoms with Crippen LogP contribution in [0.3, 0.4) is 0 Å². The van der Waals surface area contributed by atoms with E-state index >= 15 is 0 Å². The molecule has 3 N–H and O–H groups in total. The topological polar surface area (TPSA) is 75.4 Å². The summed E-state index contributed by atoms with van der Waals surface area (Å²) in [6, 6.07) is 18.0. The van der Waals surface area contributed by atoms with Crippen molar-refractivity contribution in [2.75, 3.05) is 13.3 Å². The lowest BCUT2D eigenvalue weighted by atomic mass is 9.96. The fourth-order valence-corrected chi connectivity index (χ4v) is 4.86. The molecular weight excluding hydrogens is 422 g/mol. The maximum Gasteiger partial charge on any atom is 0.237 e. The minimum Gasteiger partial charge on any atom is -0.454 e. The zero-order chi connectivity index (χ0) is 21.9. The lowest BCUT2D eigenvalue weighted by molar-refractivity contribution is -0.122. The van der Waals surface area contributed by atoms with E-state index in [4.69, 9.17) is 9.47 Å². The fraction of sp³-hybridized carbons (Fsp3) is 0.240. The van der Waals surface area contributed by atoms with Crippen LogP contribution in [0.2, 0.25) is 0 Å². The van der Waals surface area contributed by atoms with Gasteiger partial charge in [0, 0.05) is 41.0 Å². The largest absolute Gasteiger partial charge is 0.454 e. The normalized spacial score (nSPS) is 14.4. The third-order valence-electron chi connectivity index (χ3n) is 5.81. The standard InChI is InChI=1S/C25H25N3O3S/c1-16(25(29)28-12-17-8-9-22-23(11-17)31-15-30-22)26-14-20(24-7-4-10-32-24)19-13-27-21-6-3-2-5-18(19)21/h2-11,13,16,20,26-27H,12,14-15H2,1H3,(H,28,29)/t16-,20-/m0/s1. The number of carbonyl (C=O) groups is 1. The predicted octanol–water partition coefficient (Wildman–Crippen LogP) is 4.38. The Morgan fingerprint density at radius 3 is 2.88 bits per heavy atom. The highest BCUT2D eigenvalue weighted by Crippen LogP contribution is 2.33. The van der Waals surface area contributed by atoms with E-state index in [-0.39, 0.29) is 24.7 Å². The van der Waals surface area contributed by atoms with E-state index in [1.54, 1.807) is 11.3 Å². The number of aromatic amines is 1. The Bertz CT molecular complexity index is 1220. The summed E-state index contributed by atoms with van der Waals surface area (Å²) in [5.41, 5.74) is 3.34. The van der Waals surface area contributed by atoms with Gasteiger partial charge in [0.1, 0.15) is 0 Å². The summed E-state index contributed by atoms with van der Waals surface area (Å²) in [7, 11) is 0. The van der Waals surface area contributed by atoms with Crippen LogP contribution in [0.5, 0.6) is 11.5 Å². The number of amides is 1. The van der Waals surface area contributed by atoms with Gasteiger partial charge >= 0.3 is 0 Å². The fourth-order valence-electron chi connectivity index (χ4n) is 4.02. The molecule has 3 heterocycles. The minimum absolute atomic E-state index is 0.0356. The molecule has 0 bridgehead atoms. The van der Waals surface area contributed by atoms with Gasteiger partial charge in [-0.1, -0.05) is 30.3 Å². The zero-order valence-corrected chi connectivity index (χ0v) is 18.6. The van der Waals surface area contributed by atoms with E-state index in [0.717, 1.165) is 22.6 Å². The van der Waals surface area contributed by atoms with E-state index < -0.39 is 0 Å². The van der Waals surface area contributed by atoms with E-state index in [1.165, 1.54) is 15.8 Å². The molecule has 32 heavy (non-hydrogen) atoms. The van der Waals surface area contributed by atoms with Crippen molar-refractivity contribution in [2.45, 2.75) is 25.4 Å². The molecule has 4 aromatic rings. The predicted molar refractivity (Wildman–Crippen MR) is 126 cm³/mol. The number of aromatic nitrogens is 1. The molecule has 2 atom stereocenters. The van der Waals surface area contributed by atoms with Crippen molar-refractivity contribution in [1.29, 1.82) is 0 Å². The molecule has 0 saturated heterocycles. The van der Waals surface area contributed by atoms with Gasteiger partial charge in [0.25, 0.3) is 0 Å². The van der Waals surface area contributed by atoms with Crippen molar-refractivity contribution in [2.24, 2.45) is 0 Å². The van der Waals surface area contributed by atoms with Crippen LogP contribution in [0.15, 0.2) is 66.2 Å². The monoisotopic (exact) mass is 447 g/mol. The molecule has 7 heteroatoms. The van der Waals surface area contributed by atoms with Gasteiger partial charge in [0.15, 0.2) is 11.5 Å². The summed E-state index contributed by atoms with van der Waals surface area (Å²) in [4.78, 5) is 17.4. The highest BCUT2D eigenvalue weighted by molar-refractivity contribution is 7.10. The number of rotatable bonds is 8. The summed E-state index contributed by atoms with van der Waals surface area (Å²) < 4.78 is 10.7. The highest BCUT2D eigenvalue weighted by atomic mass is 32.1. The first-order chi connectivity index (χ1) is 15.7. The van der Waals surface area contributed by atoms with Gasteiger partial charge in [-0.3, -0.25) is 4.79 Å². The number of thiophene rings is 1. The van der Waals surface area contributed by atoms with Crippen LogP contribution in [0, 0.1) is 0 Å². The number of fused-ring (bicyclic) bond motifs is 2. The molecule has 0 unspecified atom stereocenters. The number of benzene rings is 2. The minimum atomic E-state index is -0.323. The molecule has 1 aliphatic heterocycles. The summed E-state index contributed by atoms with van der Waals surface area (Å²) in [5, 5.41) is 9.76. The smallest absolute Gasteiger partial charge is 0.237 e. The van der Waals surface area contributed by atoms with Crippen LogP contribution in [0.1, 0.15) is 28.8 Å². The van der Waals surface area contributed by atoms with Crippen molar-refractivity contribution in [1.82, 2.24) is 15.6 Å². The van der Waals surface area contributed by atoms with Crippen LogP contribution in [0.25, 0.3) is 10.9 Å². The highest BCUT2D eigenvalue weighted by Gasteiger charge is 2.21. The number of carbonyl (C=O) groups excluding carboxylic acids is 1. The van der Waals surface area contributed by atoms with Crippen molar-refractivity contribution in [3.63, 3.8) is 0 Å². The Morgan fingerprint density at radius 2 is 2.00 bits per heavy atom. The zero-order valence-electron chi connectivity index (χ0n) is 17.8. The van der Waals surface area contributed by atoms with Crippen molar-refractivity contribution in [3.05, 3.63) is 82.2 Å². The molecule has 1 aliphatic rings. The maximum absolute atomic E-state index is 12.7. The molecule has 0 radical (unpaired) electrons. The summed E-state index contributed by atoms with van der Waals surface area (Å²) in [5.74, 6) is 1.59. The molecule has 2 aromatic heterocycles. The molecular formula is C25H25N3O3S. The Balaban J connectivity index is 1.23. The van der Waals surface area contributed by atoms with Gasteiger partial charge in [-0.05, 0) is 47.7 Å². The summed E-state index contributed by atoms with van der Waals surface area (Å²) in [6.45, 7) is 3.25. The first-order valence-electron chi connectivity index (χ1n) is 10.7. The first-order valence-corrected chi connectivity index (χ1v) is 11.6. The Hall–Kier alpha value is -3.29. The molecule has 0 saturated carbocycles. The lowest BCUT2D eigenvalue weighted by Gasteiger charge is -2.20. The van der Waals surface area contributed by atoms with Crippen molar-refractivity contribution >= 4 is 28.1 Å². The molecule has 164 valence electrons. The SMILES string of the molecule is C[C@H](NC[C@H](c1cccs1)c1c[nH]c2ccccc12)C(=O)NCc1ccc2c(c1)OCO2. The van der Waals surface area contributed by atoms with Gasteiger partial charge in [0.2, 0.25) is 12.7 Å². The first kappa shape index (κ1) is 20.6. The molecule has 1 amide bonds. The van der Waals surface area contributed by atoms with Crippen LogP contribution in [0.4, 0.5) is 0 Å².